The van der Waals surface area contributed by atoms with Crippen molar-refractivity contribution in [2.24, 2.45) is 40.2 Å². The van der Waals surface area contributed by atoms with Gasteiger partial charge < -0.3 is 5.73 Å². The Balaban J connectivity index is 1.64. The largest absolute Gasteiger partial charge is 0.330 e. The second-order valence-corrected chi connectivity index (χ2v) is 9.38. The molecule has 0 spiro atoms. The Bertz CT molecular complexity index is 591. The van der Waals surface area contributed by atoms with Crippen molar-refractivity contribution in [1.29, 1.82) is 0 Å². The van der Waals surface area contributed by atoms with E-state index in [4.69, 9.17) is 5.73 Å². The number of carbonyl (C=O) groups is 1. The molecule has 4 rings (SSSR count). The van der Waals surface area contributed by atoms with E-state index in [1.54, 1.807) is 0 Å². The molecule has 2 N–H and O–H groups in total. The van der Waals surface area contributed by atoms with Gasteiger partial charge in [-0.15, -0.1) is 0 Å². The van der Waals surface area contributed by atoms with E-state index < -0.39 is 0 Å². The first-order valence-electron chi connectivity index (χ1n) is 10.1. The maximum Gasteiger partial charge on any atom is 0.156 e. The van der Waals surface area contributed by atoms with E-state index in [0.29, 0.717) is 11.2 Å². The standard InChI is InChI=1S/C22H33NO/c1-21-12-10-20-18(19(21)8-6-15(21)4-3-13-23)7-5-16-14-17(24)9-11-22(16,20)2/h5,7,14-15,18-20H,3-4,6,8-13,23H2,1-2H3/t15-,18-,19-,20-,21+,22-/m0/s1. The number of carbonyl (C=O) groups excluding carboxylic acids is 1. The molecule has 24 heavy (non-hydrogen) atoms. The highest BCUT2D eigenvalue weighted by Crippen LogP contribution is 2.65. The predicted molar refractivity (Wildman–Crippen MR) is 98.4 cm³/mol. The smallest absolute Gasteiger partial charge is 0.156 e. The molecule has 4 aliphatic rings. The Morgan fingerprint density at radius 2 is 2.00 bits per heavy atom. The molecule has 6 atom stereocenters. The quantitative estimate of drug-likeness (QED) is 0.820. The van der Waals surface area contributed by atoms with Gasteiger partial charge in [0.1, 0.15) is 0 Å². The molecule has 0 aromatic rings. The van der Waals surface area contributed by atoms with Gasteiger partial charge in [0.25, 0.3) is 0 Å². The molecule has 2 nitrogen and oxygen atoms in total. The van der Waals surface area contributed by atoms with Crippen LogP contribution in [0.5, 0.6) is 0 Å². The summed E-state index contributed by atoms with van der Waals surface area (Å²) in [7, 11) is 0. The molecular formula is C22H33NO. The molecular weight excluding hydrogens is 294 g/mol. The van der Waals surface area contributed by atoms with E-state index in [0.717, 1.165) is 43.1 Å². The van der Waals surface area contributed by atoms with Gasteiger partial charge in [-0.2, -0.15) is 0 Å². The minimum Gasteiger partial charge on any atom is -0.330 e. The van der Waals surface area contributed by atoms with E-state index in [1.165, 1.54) is 44.1 Å². The zero-order valence-electron chi connectivity index (χ0n) is 15.4. The maximum atomic E-state index is 11.9. The molecule has 0 heterocycles. The third-order valence-electron chi connectivity index (χ3n) is 8.47. The molecule has 2 fully saturated rings. The highest BCUT2D eigenvalue weighted by atomic mass is 16.1. The number of allylic oxidation sites excluding steroid dienone is 4. The molecule has 0 aromatic heterocycles. The Morgan fingerprint density at radius 1 is 1.17 bits per heavy atom. The number of rotatable bonds is 3. The molecule has 0 aliphatic heterocycles. The van der Waals surface area contributed by atoms with Crippen molar-refractivity contribution in [3.8, 4) is 0 Å². The Labute approximate surface area is 147 Å². The van der Waals surface area contributed by atoms with E-state index >= 15 is 0 Å². The van der Waals surface area contributed by atoms with Crippen LogP contribution in [0.15, 0.2) is 23.8 Å². The number of hydrogen-bond acceptors (Lipinski definition) is 2. The second kappa shape index (κ2) is 5.83. The minimum atomic E-state index is 0.240. The third kappa shape index (κ3) is 2.29. The summed E-state index contributed by atoms with van der Waals surface area (Å²) >= 11 is 0. The second-order valence-electron chi connectivity index (χ2n) is 9.38. The fourth-order valence-electron chi connectivity index (χ4n) is 6.94. The van der Waals surface area contributed by atoms with Gasteiger partial charge in [0, 0.05) is 6.42 Å². The normalized spacial score (nSPS) is 47.0. The van der Waals surface area contributed by atoms with Crippen LogP contribution in [0, 0.1) is 34.5 Å². The molecule has 4 aliphatic carbocycles. The fraction of sp³-hybridized carbons (Fsp3) is 0.773. The van der Waals surface area contributed by atoms with Gasteiger partial charge in [-0.1, -0.05) is 26.0 Å². The molecule has 0 aromatic carbocycles. The van der Waals surface area contributed by atoms with Crippen LogP contribution in [0.2, 0.25) is 0 Å². The first-order valence-corrected chi connectivity index (χ1v) is 10.1. The van der Waals surface area contributed by atoms with Crippen molar-refractivity contribution in [3.05, 3.63) is 23.8 Å². The van der Waals surface area contributed by atoms with E-state index in [1.807, 2.05) is 6.08 Å². The summed E-state index contributed by atoms with van der Waals surface area (Å²) in [5.41, 5.74) is 7.86. The van der Waals surface area contributed by atoms with Crippen molar-refractivity contribution >= 4 is 5.78 Å². The predicted octanol–water partition coefficient (Wildman–Crippen LogP) is 4.65. The van der Waals surface area contributed by atoms with Crippen molar-refractivity contribution in [1.82, 2.24) is 0 Å². The maximum absolute atomic E-state index is 11.9. The van der Waals surface area contributed by atoms with Crippen LogP contribution in [-0.4, -0.2) is 12.3 Å². The monoisotopic (exact) mass is 327 g/mol. The Hall–Kier alpha value is -0.890. The van der Waals surface area contributed by atoms with E-state index in [2.05, 4.69) is 26.0 Å². The first-order chi connectivity index (χ1) is 11.5. The molecule has 0 bridgehead atoms. The van der Waals surface area contributed by atoms with Crippen molar-refractivity contribution in [2.45, 2.75) is 65.2 Å². The summed E-state index contributed by atoms with van der Waals surface area (Å²) in [5.74, 6) is 3.51. The van der Waals surface area contributed by atoms with Gasteiger partial charge >= 0.3 is 0 Å². The lowest BCUT2D eigenvalue weighted by Crippen LogP contribution is -2.48. The van der Waals surface area contributed by atoms with Crippen LogP contribution >= 0.6 is 0 Å². The number of fused-ring (bicyclic) bond motifs is 5. The molecule has 2 heteroatoms. The fourth-order valence-corrected chi connectivity index (χ4v) is 6.94. The highest BCUT2D eigenvalue weighted by molar-refractivity contribution is 5.92. The van der Waals surface area contributed by atoms with Gasteiger partial charge in [0.05, 0.1) is 0 Å². The van der Waals surface area contributed by atoms with Crippen LogP contribution in [0.1, 0.15) is 65.2 Å². The van der Waals surface area contributed by atoms with Crippen LogP contribution in [0.3, 0.4) is 0 Å². The average molecular weight is 328 g/mol. The zero-order valence-corrected chi connectivity index (χ0v) is 15.4. The molecule has 0 amide bonds. The van der Waals surface area contributed by atoms with Gasteiger partial charge in [0.2, 0.25) is 0 Å². The van der Waals surface area contributed by atoms with E-state index in [-0.39, 0.29) is 5.41 Å². The van der Waals surface area contributed by atoms with Crippen LogP contribution < -0.4 is 5.73 Å². The van der Waals surface area contributed by atoms with Crippen molar-refractivity contribution in [2.75, 3.05) is 6.54 Å². The molecule has 0 radical (unpaired) electrons. The average Bonchev–Trinajstić information content (AvgIpc) is 2.90. The molecule has 2 saturated carbocycles. The van der Waals surface area contributed by atoms with Crippen LogP contribution in [-0.2, 0) is 4.79 Å². The minimum absolute atomic E-state index is 0.240. The molecule has 0 saturated heterocycles. The first kappa shape index (κ1) is 16.6. The zero-order chi connectivity index (χ0) is 16.9. The summed E-state index contributed by atoms with van der Waals surface area (Å²) in [6.07, 6.45) is 16.6. The summed E-state index contributed by atoms with van der Waals surface area (Å²) in [5, 5.41) is 0. The van der Waals surface area contributed by atoms with Crippen LogP contribution in [0.25, 0.3) is 0 Å². The topological polar surface area (TPSA) is 43.1 Å². The summed E-state index contributed by atoms with van der Waals surface area (Å²) in [6, 6.07) is 0. The summed E-state index contributed by atoms with van der Waals surface area (Å²) < 4.78 is 0. The summed E-state index contributed by atoms with van der Waals surface area (Å²) in [6.45, 7) is 5.85. The summed E-state index contributed by atoms with van der Waals surface area (Å²) in [4.78, 5) is 11.9. The highest BCUT2D eigenvalue weighted by Gasteiger charge is 2.57. The molecule has 0 unspecified atom stereocenters. The molecule has 132 valence electrons. The lowest BCUT2D eigenvalue weighted by atomic mass is 9.48. The Kier molecular flexibility index (Phi) is 4.03. The number of hydrogen-bond donors (Lipinski definition) is 1. The van der Waals surface area contributed by atoms with Gasteiger partial charge in [-0.25, -0.2) is 0 Å². The number of nitrogens with two attached hydrogens (primary N) is 1. The van der Waals surface area contributed by atoms with Gasteiger partial charge in [-0.3, -0.25) is 4.79 Å². The lowest BCUT2D eigenvalue weighted by molar-refractivity contribution is -0.116. The third-order valence-corrected chi connectivity index (χ3v) is 8.47. The van der Waals surface area contributed by atoms with Gasteiger partial charge in [0.15, 0.2) is 5.78 Å². The van der Waals surface area contributed by atoms with Crippen LogP contribution in [0.4, 0.5) is 0 Å². The van der Waals surface area contributed by atoms with Gasteiger partial charge in [-0.05, 0) is 97.6 Å². The van der Waals surface area contributed by atoms with E-state index in [9.17, 15) is 4.79 Å². The SMILES string of the molecule is C[C@]12CC[C@H]3[C@@H](C=CC4=CC(=O)CC[C@@]43C)[C@@H]1CC[C@@H]2CCCN. The lowest BCUT2D eigenvalue weighted by Gasteiger charge is -2.56. The van der Waals surface area contributed by atoms with Crippen molar-refractivity contribution in [3.63, 3.8) is 0 Å². The van der Waals surface area contributed by atoms with Crippen molar-refractivity contribution < 1.29 is 4.79 Å². The number of ketones is 1. The Morgan fingerprint density at radius 3 is 2.79 bits per heavy atom.